The van der Waals surface area contributed by atoms with E-state index >= 15 is 0 Å². The standard InChI is InChI=1S/C15H15F2N3O/c16-14(17)9-20(10-14)11-15(21,12-3-1-5-18-7-12)13-4-2-6-19-8-13/h1-8,21H,9-11H2. The van der Waals surface area contributed by atoms with Gasteiger partial charge in [-0.3, -0.25) is 14.9 Å². The Balaban J connectivity index is 1.92. The topological polar surface area (TPSA) is 49.2 Å². The molecular formula is C15H15F2N3O. The van der Waals surface area contributed by atoms with E-state index in [2.05, 4.69) is 9.97 Å². The number of β-amino-alcohol motifs (C(OH)–C–C–N with tert-alkyl or cyclic N) is 1. The van der Waals surface area contributed by atoms with E-state index in [-0.39, 0.29) is 19.6 Å². The van der Waals surface area contributed by atoms with Crippen molar-refractivity contribution in [2.24, 2.45) is 0 Å². The Kier molecular flexibility index (Phi) is 3.43. The van der Waals surface area contributed by atoms with Gasteiger partial charge in [0.25, 0.3) is 5.92 Å². The Morgan fingerprint density at radius 1 is 1.10 bits per heavy atom. The van der Waals surface area contributed by atoms with E-state index in [1.165, 1.54) is 4.90 Å². The summed E-state index contributed by atoms with van der Waals surface area (Å²) in [6.45, 7) is -0.592. The number of nitrogens with zero attached hydrogens (tertiary/aromatic N) is 3. The molecule has 21 heavy (non-hydrogen) atoms. The van der Waals surface area contributed by atoms with Gasteiger partial charge in [-0.05, 0) is 12.1 Å². The Hall–Kier alpha value is -1.92. The molecular weight excluding hydrogens is 276 g/mol. The number of hydrogen-bond acceptors (Lipinski definition) is 4. The van der Waals surface area contributed by atoms with Gasteiger partial charge in [0.2, 0.25) is 0 Å². The van der Waals surface area contributed by atoms with Gasteiger partial charge in [0.15, 0.2) is 0 Å². The molecule has 6 heteroatoms. The van der Waals surface area contributed by atoms with Crippen LogP contribution in [0.1, 0.15) is 11.1 Å². The van der Waals surface area contributed by atoms with E-state index in [0.29, 0.717) is 11.1 Å². The van der Waals surface area contributed by atoms with E-state index in [1.807, 2.05) is 0 Å². The summed E-state index contributed by atoms with van der Waals surface area (Å²) in [5.74, 6) is -2.66. The zero-order chi connectivity index (χ0) is 14.9. The van der Waals surface area contributed by atoms with E-state index in [1.54, 1.807) is 49.1 Å². The summed E-state index contributed by atoms with van der Waals surface area (Å²) in [7, 11) is 0. The normalized spacial score (nSPS) is 18.2. The summed E-state index contributed by atoms with van der Waals surface area (Å²) in [6.07, 6.45) is 6.30. The molecule has 0 spiro atoms. The van der Waals surface area contributed by atoms with Crippen molar-refractivity contribution in [3.8, 4) is 0 Å². The highest BCUT2D eigenvalue weighted by molar-refractivity contribution is 5.33. The Morgan fingerprint density at radius 3 is 2.00 bits per heavy atom. The lowest BCUT2D eigenvalue weighted by Gasteiger charge is -2.43. The summed E-state index contributed by atoms with van der Waals surface area (Å²) >= 11 is 0. The zero-order valence-electron chi connectivity index (χ0n) is 11.3. The molecule has 1 fully saturated rings. The number of rotatable bonds is 4. The molecule has 3 rings (SSSR count). The monoisotopic (exact) mass is 291 g/mol. The second kappa shape index (κ2) is 5.13. The molecule has 2 aromatic heterocycles. The summed E-state index contributed by atoms with van der Waals surface area (Å²) in [5.41, 5.74) is -0.277. The Labute approximate surface area is 121 Å². The third-order valence-electron chi connectivity index (χ3n) is 3.64. The molecule has 0 aromatic carbocycles. The van der Waals surface area contributed by atoms with E-state index < -0.39 is 11.5 Å². The quantitative estimate of drug-likeness (QED) is 0.931. The lowest BCUT2D eigenvalue weighted by atomic mass is 9.86. The van der Waals surface area contributed by atoms with Crippen LogP contribution >= 0.6 is 0 Å². The van der Waals surface area contributed by atoms with Crippen LogP contribution in [-0.4, -0.2) is 45.5 Å². The molecule has 0 saturated carbocycles. The number of aliphatic hydroxyl groups is 1. The van der Waals surface area contributed by atoms with Crippen LogP contribution in [0.4, 0.5) is 8.78 Å². The summed E-state index contributed by atoms with van der Waals surface area (Å²) in [4.78, 5) is 9.55. The van der Waals surface area contributed by atoms with Crippen molar-refractivity contribution in [2.75, 3.05) is 19.6 Å². The molecule has 4 nitrogen and oxygen atoms in total. The van der Waals surface area contributed by atoms with Crippen LogP contribution in [0.15, 0.2) is 49.1 Å². The fraction of sp³-hybridized carbons (Fsp3) is 0.333. The maximum Gasteiger partial charge on any atom is 0.272 e. The fourth-order valence-corrected chi connectivity index (χ4v) is 2.61. The average molecular weight is 291 g/mol. The minimum absolute atomic E-state index is 0.0833. The van der Waals surface area contributed by atoms with Crippen LogP contribution in [0, 0.1) is 0 Å². The number of halogens is 2. The predicted molar refractivity (Wildman–Crippen MR) is 72.9 cm³/mol. The molecule has 1 N–H and O–H groups in total. The highest BCUT2D eigenvalue weighted by atomic mass is 19.3. The molecule has 0 radical (unpaired) electrons. The van der Waals surface area contributed by atoms with Gasteiger partial charge in [-0.1, -0.05) is 12.1 Å². The lowest BCUT2D eigenvalue weighted by Crippen LogP contribution is -2.59. The first kappa shape index (κ1) is 14.0. The number of alkyl halides is 2. The van der Waals surface area contributed by atoms with Crippen LogP contribution in [0.25, 0.3) is 0 Å². The first-order valence-corrected chi connectivity index (χ1v) is 6.63. The van der Waals surface area contributed by atoms with Crippen molar-refractivity contribution in [2.45, 2.75) is 11.5 Å². The molecule has 0 bridgehead atoms. The summed E-state index contributed by atoms with van der Waals surface area (Å²) < 4.78 is 26.0. The maximum absolute atomic E-state index is 13.0. The predicted octanol–water partition coefficient (Wildman–Crippen LogP) is 1.66. The van der Waals surface area contributed by atoms with E-state index in [0.717, 1.165) is 0 Å². The SMILES string of the molecule is OC(CN1CC(F)(F)C1)(c1cccnc1)c1cccnc1. The zero-order valence-corrected chi connectivity index (χ0v) is 11.3. The summed E-state index contributed by atoms with van der Waals surface area (Å²) in [5, 5.41) is 11.1. The Bertz CT molecular complexity index is 559. The van der Waals surface area contributed by atoms with Crippen molar-refractivity contribution in [3.63, 3.8) is 0 Å². The second-order valence-electron chi connectivity index (χ2n) is 5.34. The van der Waals surface area contributed by atoms with Gasteiger partial charge < -0.3 is 5.11 Å². The third kappa shape index (κ3) is 2.77. The highest BCUT2D eigenvalue weighted by Crippen LogP contribution is 2.34. The number of likely N-dealkylation sites (tertiary alicyclic amines) is 1. The van der Waals surface area contributed by atoms with Gasteiger partial charge in [0.05, 0.1) is 13.1 Å². The molecule has 1 saturated heterocycles. The maximum atomic E-state index is 13.0. The lowest BCUT2D eigenvalue weighted by molar-refractivity contribution is -0.147. The van der Waals surface area contributed by atoms with Crippen LogP contribution in [0.2, 0.25) is 0 Å². The first-order chi connectivity index (χ1) is 10.00. The smallest absolute Gasteiger partial charge is 0.272 e. The third-order valence-corrected chi connectivity index (χ3v) is 3.64. The van der Waals surface area contributed by atoms with Crippen molar-refractivity contribution < 1.29 is 13.9 Å². The van der Waals surface area contributed by atoms with Gasteiger partial charge in [0, 0.05) is 42.5 Å². The first-order valence-electron chi connectivity index (χ1n) is 6.63. The minimum Gasteiger partial charge on any atom is -0.379 e. The van der Waals surface area contributed by atoms with Gasteiger partial charge in [-0.25, -0.2) is 8.78 Å². The fourth-order valence-electron chi connectivity index (χ4n) is 2.61. The van der Waals surface area contributed by atoms with Crippen molar-refractivity contribution in [1.29, 1.82) is 0 Å². The van der Waals surface area contributed by atoms with Crippen LogP contribution in [-0.2, 0) is 5.60 Å². The molecule has 3 heterocycles. The Morgan fingerprint density at radius 2 is 1.62 bits per heavy atom. The van der Waals surface area contributed by atoms with Gasteiger partial charge in [-0.15, -0.1) is 0 Å². The number of pyridine rings is 2. The van der Waals surface area contributed by atoms with Gasteiger partial charge >= 0.3 is 0 Å². The molecule has 0 unspecified atom stereocenters. The van der Waals surface area contributed by atoms with Crippen LogP contribution < -0.4 is 0 Å². The van der Waals surface area contributed by atoms with E-state index in [4.69, 9.17) is 0 Å². The molecule has 110 valence electrons. The molecule has 0 aliphatic carbocycles. The highest BCUT2D eigenvalue weighted by Gasteiger charge is 2.47. The molecule has 1 aliphatic heterocycles. The average Bonchev–Trinajstić information content (AvgIpc) is 2.47. The van der Waals surface area contributed by atoms with Crippen LogP contribution in [0.3, 0.4) is 0 Å². The minimum atomic E-state index is -2.66. The summed E-state index contributed by atoms with van der Waals surface area (Å²) in [6, 6.07) is 6.89. The number of hydrogen-bond donors (Lipinski definition) is 1. The van der Waals surface area contributed by atoms with Crippen molar-refractivity contribution >= 4 is 0 Å². The van der Waals surface area contributed by atoms with Crippen LogP contribution in [0.5, 0.6) is 0 Å². The van der Waals surface area contributed by atoms with Crippen molar-refractivity contribution in [3.05, 3.63) is 60.2 Å². The molecule has 0 atom stereocenters. The molecule has 2 aromatic rings. The van der Waals surface area contributed by atoms with Gasteiger partial charge in [0.1, 0.15) is 5.60 Å². The second-order valence-corrected chi connectivity index (χ2v) is 5.34. The van der Waals surface area contributed by atoms with Gasteiger partial charge in [-0.2, -0.15) is 0 Å². The largest absolute Gasteiger partial charge is 0.379 e. The van der Waals surface area contributed by atoms with Crippen molar-refractivity contribution in [1.82, 2.24) is 14.9 Å². The molecule has 0 amide bonds. The van der Waals surface area contributed by atoms with E-state index in [9.17, 15) is 13.9 Å². The molecule has 1 aliphatic rings. The number of aromatic nitrogens is 2.